The molecule has 29 heavy (non-hydrogen) atoms. The zero-order valence-corrected chi connectivity index (χ0v) is 16.8. The minimum absolute atomic E-state index is 0.0447. The van der Waals surface area contributed by atoms with Crippen molar-refractivity contribution in [3.63, 3.8) is 0 Å². The molecule has 1 aliphatic rings. The molecule has 2 heterocycles. The maximum Gasteiger partial charge on any atom is 0.262 e. The maximum absolute atomic E-state index is 12.6. The summed E-state index contributed by atoms with van der Waals surface area (Å²) in [5, 5.41) is 12.3. The van der Waals surface area contributed by atoms with E-state index in [9.17, 15) is 10.1 Å². The largest absolute Gasteiger partial charge is 0.497 e. The average Bonchev–Trinajstić information content (AvgIpc) is 2.76. The molecule has 0 atom stereocenters. The minimum atomic E-state index is -0.413. The lowest BCUT2D eigenvalue weighted by molar-refractivity contribution is -0.117. The smallest absolute Gasteiger partial charge is 0.262 e. The van der Waals surface area contributed by atoms with Gasteiger partial charge in [0.25, 0.3) is 5.91 Å². The van der Waals surface area contributed by atoms with Gasteiger partial charge in [-0.25, -0.2) is 4.98 Å². The van der Waals surface area contributed by atoms with E-state index in [0.29, 0.717) is 12.3 Å². The van der Waals surface area contributed by atoms with Crippen LogP contribution in [0.2, 0.25) is 0 Å². The predicted octanol–water partition coefficient (Wildman–Crippen LogP) is 2.07. The molecule has 0 radical (unpaired) electrons. The van der Waals surface area contributed by atoms with E-state index in [2.05, 4.69) is 27.1 Å². The molecule has 3 rings (SSSR count). The fraction of sp³-hybridized carbons (Fsp3) is 0.318. The van der Waals surface area contributed by atoms with Crippen LogP contribution < -0.4 is 15.0 Å². The van der Waals surface area contributed by atoms with Gasteiger partial charge >= 0.3 is 0 Å². The van der Waals surface area contributed by atoms with E-state index in [1.54, 1.807) is 25.4 Å². The maximum atomic E-state index is 12.6. The molecule has 2 aromatic rings. The van der Waals surface area contributed by atoms with Crippen LogP contribution in [0, 0.1) is 11.3 Å². The van der Waals surface area contributed by atoms with Gasteiger partial charge in [0, 0.05) is 44.5 Å². The van der Waals surface area contributed by atoms with E-state index in [1.807, 2.05) is 36.4 Å². The number of methoxy groups -OCH3 is 1. The Morgan fingerprint density at radius 2 is 2.07 bits per heavy atom. The summed E-state index contributed by atoms with van der Waals surface area (Å²) < 4.78 is 5.19. The molecule has 1 fully saturated rings. The number of pyridine rings is 1. The number of piperazine rings is 1. The zero-order valence-electron chi connectivity index (χ0n) is 16.8. The average molecular weight is 391 g/mol. The third-order valence-electron chi connectivity index (χ3n) is 4.88. The Morgan fingerprint density at radius 3 is 2.79 bits per heavy atom. The molecule has 1 aromatic heterocycles. The van der Waals surface area contributed by atoms with Gasteiger partial charge in [-0.3, -0.25) is 4.79 Å². The zero-order chi connectivity index (χ0) is 20.6. The van der Waals surface area contributed by atoms with Crippen LogP contribution in [-0.4, -0.2) is 56.1 Å². The van der Waals surface area contributed by atoms with Gasteiger partial charge in [-0.1, -0.05) is 18.2 Å². The lowest BCUT2D eigenvalue weighted by Gasteiger charge is -2.34. The first kappa shape index (κ1) is 20.4. The van der Waals surface area contributed by atoms with Crippen LogP contribution in [0.15, 0.2) is 48.2 Å². The summed E-state index contributed by atoms with van der Waals surface area (Å²) in [7, 11) is 3.68. The number of benzene rings is 1. The van der Waals surface area contributed by atoms with Crippen molar-refractivity contribution >= 4 is 17.8 Å². The van der Waals surface area contributed by atoms with Crippen molar-refractivity contribution in [3.8, 4) is 11.8 Å². The highest BCUT2D eigenvalue weighted by Gasteiger charge is 2.18. The molecule has 0 spiro atoms. The first-order chi connectivity index (χ1) is 14.1. The Morgan fingerprint density at radius 1 is 1.28 bits per heavy atom. The lowest BCUT2D eigenvalue weighted by atomic mass is 10.1. The van der Waals surface area contributed by atoms with E-state index in [0.717, 1.165) is 43.1 Å². The van der Waals surface area contributed by atoms with Gasteiger partial charge in [-0.2, -0.15) is 5.26 Å². The highest BCUT2D eigenvalue weighted by atomic mass is 16.5. The summed E-state index contributed by atoms with van der Waals surface area (Å²) in [6.45, 7) is 4.06. The molecule has 0 aliphatic carbocycles. The van der Waals surface area contributed by atoms with E-state index in [-0.39, 0.29) is 5.57 Å². The van der Waals surface area contributed by atoms with Crippen LogP contribution >= 0.6 is 0 Å². The van der Waals surface area contributed by atoms with Crippen LogP contribution in [0.5, 0.6) is 5.75 Å². The fourth-order valence-corrected chi connectivity index (χ4v) is 3.19. The topological polar surface area (TPSA) is 81.5 Å². The first-order valence-electron chi connectivity index (χ1n) is 9.52. The third kappa shape index (κ3) is 5.33. The van der Waals surface area contributed by atoms with Crippen molar-refractivity contribution in [3.05, 3.63) is 59.3 Å². The summed E-state index contributed by atoms with van der Waals surface area (Å²) in [4.78, 5) is 21.6. The Hall–Kier alpha value is -3.37. The number of nitriles is 1. The van der Waals surface area contributed by atoms with Crippen molar-refractivity contribution in [1.82, 2.24) is 15.2 Å². The molecule has 0 saturated carbocycles. The van der Waals surface area contributed by atoms with E-state index in [4.69, 9.17) is 4.74 Å². The third-order valence-corrected chi connectivity index (χ3v) is 4.88. The summed E-state index contributed by atoms with van der Waals surface area (Å²) >= 11 is 0. The van der Waals surface area contributed by atoms with Crippen LogP contribution in [0.3, 0.4) is 0 Å². The van der Waals surface area contributed by atoms with Gasteiger partial charge in [-0.05, 0) is 36.9 Å². The van der Waals surface area contributed by atoms with Crippen LogP contribution in [0.4, 0.5) is 5.82 Å². The van der Waals surface area contributed by atoms with Crippen LogP contribution in [0.1, 0.15) is 11.1 Å². The summed E-state index contributed by atoms with van der Waals surface area (Å²) in [6, 6.07) is 13.0. The van der Waals surface area contributed by atoms with Gasteiger partial charge in [0.15, 0.2) is 0 Å². The number of nitrogens with zero attached hydrogens (tertiary/aromatic N) is 4. The van der Waals surface area contributed by atoms with Crippen LogP contribution in [-0.2, 0) is 11.3 Å². The number of aromatic nitrogens is 1. The van der Waals surface area contributed by atoms with E-state index < -0.39 is 5.91 Å². The molecule has 0 unspecified atom stereocenters. The fourth-order valence-electron chi connectivity index (χ4n) is 3.19. The Labute approximate surface area is 171 Å². The molecular weight excluding hydrogens is 366 g/mol. The monoisotopic (exact) mass is 391 g/mol. The normalized spacial score (nSPS) is 14.9. The standard InChI is InChI=1S/C22H25N5O2/c1-26-9-11-27(12-10-26)21-18(6-4-8-24-21)16-25-22(28)19(15-23)13-17-5-3-7-20(14-17)29-2/h3-8,13-14H,9-12,16H2,1-2H3,(H,25,28)/b19-13+. The Bertz CT molecular complexity index is 927. The number of likely N-dealkylation sites (N-methyl/N-ethyl adjacent to an activating group) is 1. The van der Waals surface area contributed by atoms with Gasteiger partial charge in [-0.15, -0.1) is 0 Å². The molecule has 7 nitrogen and oxygen atoms in total. The quantitative estimate of drug-likeness (QED) is 0.600. The van der Waals surface area contributed by atoms with Crippen molar-refractivity contribution in [1.29, 1.82) is 5.26 Å². The number of nitrogens with one attached hydrogen (secondary N) is 1. The molecule has 150 valence electrons. The van der Waals surface area contributed by atoms with Crippen molar-refractivity contribution in [2.24, 2.45) is 0 Å². The molecule has 1 aliphatic heterocycles. The number of amides is 1. The molecule has 7 heteroatoms. The lowest BCUT2D eigenvalue weighted by Crippen LogP contribution is -2.45. The molecule has 1 aromatic carbocycles. The molecule has 1 N–H and O–H groups in total. The first-order valence-corrected chi connectivity index (χ1v) is 9.52. The second-order valence-electron chi connectivity index (χ2n) is 6.91. The summed E-state index contributed by atoms with van der Waals surface area (Å²) in [5.41, 5.74) is 1.71. The van der Waals surface area contributed by atoms with Gasteiger partial charge in [0.05, 0.1) is 7.11 Å². The Balaban J connectivity index is 1.70. The Kier molecular flexibility index (Phi) is 6.82. The second-order valence-corrected chi connectivity index (χ2v) is 6.91. The van der Waals surface area contributed by atoms with E-state index in [1.165, 1.54) is 0 Å². The molecule has 0 bridgehead atoms. The van der Waals surface area contributed by atoms with Crippen molar-refractivity contribution in [2.75, 3.05) is 45.2 Å². The highest BCUT2D eigenvalue weighted by molar-refractivity contribution is 6.01. The SMILES string of the molecule is COc1cccc(/C=C(\C#N)C(=O)NCc2cccnc2N2CCN(C)CC2)c1. The molecule has 1 amide bonds. The summed E-state index contributed by atoms with van der Waals surface area (Å²) in [6.07, 6.45) is 3.32. The van der Waals surface area contributed by atoms with Gasteiger partial charge < -0.3 is 19.9 Å². The van der Waals surface area contributed by atoms with Crippen molar-refractivity contribution in [2.45, 2.75) is 6.54 Å². The van der Waals surface area contributed by atoms with Crippen LogP contribution in [0.25, 0.3) is 6.08 Å². The van der Waals surface area contributed by atoms with Gasteiger partial charge in [0.1, 0.15) is 23.2 Å². The number of rotatable bonds is 6. The number of hydrogen-bond donors (Lipinski definition) is 1. The number of ether oxygens (including phenoxy) is 1. The number of hydrogen-bond acceptors (Lipinski definition) is 6. The summed E-state index contributed by atoms with van der Waals surface area (Å²) in [5.74, 6) is 1.14. The highest BCUT2D eigenvalue weighted by Crippen LogP contribution is 2.19. The van der Waals surface area contributed by atoms with Crippen molar-refractivity contribution < 1.29 is 9.53 Å². The predicted molar refractivity (Wildman–Crippen MR) is 112 cm³/mol. The molecular formula is C22H25N5O2. The minimum Gasteiger partial charge on any atom is -0.497 e. The number of carbonyl (C=O) groups excluding carboxylic acids is 1. The van der Waals surface area contributed by atoms with E-state index >= 15 is 0 Å². The van der Waals surface area contributed by atoms with Gasteiger partial charge in [0.2, 0.25) is 0 Å². The molecule has 1 saturated heterocycles. The second kappa shape index (κ2) is 9.71. The number of anilines is 1. The number of carbonyl (C=O) groups is 1.